The quantitative estimate of drug-likeness (QED) is 0.407. The highest BCUT2D eigenvalue weighted by molar-refractivity contribution is 7.19. The average molecular weight is 413 g/mol. The fourth-order valence-electron chi connectivity index (χ4n) is 3.19. The topological polar surface area (TPSA) is 78.8 Å². The van der Waals surface area contributed by atoms with Crippen molar-refractivity contribution in [3.05, 3.63) is 58.2 Å². The van der Waals surface area contributed by atoms with Gasteiger partial charge in [0.25, 0.3) is 0 Å². The van der Waals surface area contributed by atoms with Crippen molar-refractivity contribution >= 4 is 27.4 Å². The van der Waals surface area contributed by atoms with Crippen LogP contribution in [0.3, 0.4) is 0 Å². The number of thiophene rings is 1. The highest BCUT2D eigenvalue weighted by Gasteiger charge is 2.13. The Bertz CT molecular complexity index is 967. The minimum Gasteiger partial charge on any atom is -0.496 e. The van der Waals surface area contributed by atoms with Crippen molar-refractivity contribution in [2.45, 2.75) is 33.4 Å². The summed E-state index contributed by atoms with van der Waals surface area (Å²) in [6.07, 6.45) is 1.21. The van der Waals surface area contributed by atoms with Crippen LogP contribution in [-0.2, 0) is 6.54 Å². The summed E-state index contributed by atoms with van der Waals surface area (Å²) < 4.78 is 6.65. The number of nitrogens with zero attached hydrogens (tertiary/aromatic N) is 2. The van der Waals surface area contributed by atoms with Gasteiger partial charge in [-0.2, -0.15) is 0 Å². The number of guanidine groups is 1. The third kappa shape index (κ3) is 5.05. The van der Waals surface area contributed by atoms with Gasteiger partial charge in [-0.1, -0.05) is 18.2 Å². The fraction of sp³-hybridized carbons (Fsp3) is 0.364. The van der Waals surface area contributed by atoms with Crippen LogP contribution in [0.4, 0.5) is 0 Å². The Balaban J connectivity index is 1.68. The normalized spacial score (nSPS) is 12.8. The maximum absolute atomic E-state index is 10.6. The molecule has 3 rings (SSSR count). The van der Waals surface area contributed by atoms with E-state index in [4.69, 9.17) is 4.74 Å². The van der Waals surface area contributed by atoms with Gasteiger partial charge < -0.3 is 20.5 Å². The number of methoxy groups -OCH3 is 1. The van der Waals surface area contributed by atoms with Crippen LogP contribution in [0.25, 0.3) is 10.1 Å². The van der Waals surface area contributed by atoms with Crippen LogP contribution in [0, 0.1) is 13.8 Å². The number of ether oxygens (including phenoxy) is 1. The van der Waals surface area contributed by atoms with Gasteiger partial charge in [0.15, 0.2) is 5.96 Å². The number of nitrogens with one attached hydrogen (secondary N) is 2. The third-order valence-electron chi connectivity index (χ3n) is 4.72. The lowest BCUT2D eigenvalue weighted by Gasteiger charge is -2.15. The first-order chi connectivity index (χ1) is 14.0. The van der Waals surface area contributed by atoms with Gasteiger partial charge in [-0.25, -0.2) is 4.99 Å². The van der Waals surface area contributed by atoms with Gasteiger partial charge >= 0.3 is 0 Å². The number of aliphatic hydroxyl groups is 1. The summed E-state index contributed by atoms with van der Waals surface area (Å²) in [4.78, 5) is 10.1. The first-order valence-electron chi connectivity index (χ1n) is 9.71. The molecule has 3 N–H and O–H groups in total. The van der Waals surface area contributed by atoms with Gasteiger partial charge in [-0.05, 0) is 38.3 Å². The van der Waals surface area contributed by atoms with Gasteiger partial charge in [-0.15, -0.1) is 11.3 Å². The standard InChI is InChI=1S/C22H28N4O2S/c1-5-23-22(25-12-17-15(3)21(28-4)14(2)11-24-17)26-13-18(27)20-10-16-8-6-7-9-19(16)29-20/h6-11,18,27H,5,12-13H2,1-4H3,(H2,23,25,26). The molecule has 0 amide bonds. The van der Waals surface area contributed by atoms with Crippen LogP contribution < -0.4 is 15.4 Å². The number of rotatable bonds is 7. The lowest BCUT2D eigenvalue weighted by molar-refractivity contribution is 0.184. The zero-order valence-electron chi connectivity index (χ0n) is 17.3. The molecule has 0 aliphatic carbocycles. The summed E-state index contributed by atoms with van der Waals surface area (Å²) >= 11 is 1.61. The molecule has 7 heteroatoms. The van der Waals surface area contributed by atoms with Crippen molar-refractivity contribution in [2.75, 3.05) is 20.2 Å². The van der Waals surface area contributed by atoms with E-state index in [0.29, 0.717) is 19.0 Å². The van der Waals surface area contributed by atoms with E-state index in [0.717, 1.165) is 39.4 Å². The SMILES string of the molecule is CCNC(=NCc1ncc(C)c(OC)c1C)NCC(O)c1cc2ccccc2s1. The number of aliphatic hydroxyl groups excluding tert-OH is 1. The highest BCUT2D eigenvalue weighted by Crippen LogP contribution is 2.29. The number of hydrogen-bond acceptors (Lipinski definition) is 5. The van der Waals surface area contributed by atoms with Crippen molar-refractivity contribution in [1.29, 1.82) is 0 Å². The number of fused-ring (bicyclic) bond motifs is 1. The largest absolute Gasteiger partial charge is 0.496 e. The molecular weight excluding hydrogens is 384 g/mol. The molecule has 3 aromatic rings. The van der Waals surface area contributed by atoms with Gasteiger partial charge in [0.1, 0.15) is 11.9 Å². The van der Waals surface area contributed by atoms with E-state index in [1.165, 1.54) is 4.70 Å². The molecule has 29 heavy (non-hydrogen) atoms. The van der Waals surface area contributed by atoms with Crippen molar-refractivity contribution in [3.8, 4) is 5.75 Å². The molecule has 0 saturated heterocycles. The number of benzene rings is 1. The Hall–Kier alpha value is -2.64. The zero-order valence-corrected chi connectivity index (χ0v) is 18.1. The third-order valence-corrected chi connectivity index (χ3v) is 5.93. The minimum absolute atomic E-state index is 0.377. The first-order valence-corrected chi connectivity index (χ1v) is 10.5. The maximum Gasteiger partial charge on any atom is 0.191 e. The van der Waals surface area contributed by atoms with Gasteiger partial charge in [0.05, 0.1) is 19.3 Å². The second-order valence-corrected chi connectivity index (χ2v) is 7.94. The summed E-state index contributed by atoms with van der Waals surface area (Å²) in [6, 6.07) is 10.2. The molecule has 0 spiro atoms. The molecule has 0 aliphatic rings. The molecule has 2 aromatic heterocycles. The van der Waals surface area contributed by atoms with Crippen LogP contribution in [0.1, 0.15) is 34.7 Å². The van der Waals surface area contributed by atoms with E-state index in [9.17, 15) is 5.11 Å². The maximum atomic E-state index is 10.6. The number of aliphatic imine (C=N–C) groups is 1. The predicted molar refractivity (Wildman–Crippen MR) is 120 cm³/mol. The average Bonchev–Trinajstić information content (AvgIpc) is 3.16. The Labute approximate surface area is 175 Å². The summed E-state index contributed by atoms with van der Waals surface area (Å²) in [7, 11) is 1.67. The molecule has 154 valence electrons. The van der Waals surface area contributed by atoms with Crippen molar-refractivity contribution in [3.63, 3.8) is 0 Å². The monoisotopic (exact) mass is 412 g/mol. The van der Waals surface area contributed by atoms with Crippen LogP contribution in [0.5, 0.6) is 5.75 Å². The Morgan fingerprint density at radius 2 is 2.07 bits per heavy atom. The molecular formula is C22H28N4O2S. The summed E-state index contributed by atoms with van der Waals surface area (Å²) in [5, 5.41) is 18.2. The van der Waals surface area contributed by atoms with Gasteiger partial charge in [0, 0.05) is 40.0 Å². The van der Waals surface area contributed by atoms with E-state index in [1.807, 2.05) is 45.2 Å². The fourth-order valence-corrected chi connectivity index (χ4v) is 4.24. The lowest BCUT2D eigenvalue weighted by Crippen LogP contribution is -2.39. The smallest absolute Gasteiger partial charge is 0.191 e. The van der Waals surface area contributed by atoms with E-state index >= 15 is 0 Å². The van der Waals surface area contributed by atoms with Crippen LogP contribution >= 0.6 is 11.3 Å². The Morgan fingerprint density at radius 1 is 1.28 bits per heavy atom. The van der Waals surface area contributed by atoms with Crippen molar-refractivity contribution in [1.82, 2.24) is 15.6 Å². The van der Waals surface area contributed by atoms with Gasteiger partial charge in [0.2, 0.25) is 0 Å². The molecule has 1 unspecified atom stereocenters. The number of aromatic nitrogens is 1. The molecule has 0 saturated carbocycles. The van der Waals surface area contributed by atoms with Gasteiger partial charge in [-0.3, -0.25) is 4.98 Å². The van der Waals surface area contributed by atoms with Crippen molar-refractivity contribution < 1.29 is 9.84 Å². The lowest BCUT2D eigenvalue weighted by atomic mass is 10.1. The van der Waals surface area contributed by atoms with Crippen molar-refractivity contribution in [2.24, 2.45) is 4.99 Å². The summed E-state index contributed by atoms with van der Waals surface area (Å²) in [5.41, 5.74) is 2.88. The molecule has 0 aliphatic heterocycles. The molecule has 2 heterocycles. The molecule has 6 nitrogen and oxygen atoms in total. The second kappa shape index (κ2) is 9.71. The summed E-state index contributed by atoms with van der Waals surface area (Å²) in [6.45, 7) is 7.52. The minimum atomic E-state index is -0.601. The van der Waals surface area contributed by atoms with E-state index < -0.39 is 6.10 Å². The molecule has 1 atom stereocenters. The second-order valence-electron chi connectivity index (χ2n) is 6.82. The zero-order chi connectivity index (χ0) is 20.8. The highest BCUT2D eigenvalue weighted by atomic mass is 32.1. The predicted octanol–water partition coefficient (Wildman–Crippen LogP) is 3.71. The number of aryl methyl sites for hydroxylation is 1. The van der Waals surface area contributed by atoms with E-state index in [-0.39, 0.29) is 0 Å². The van der Waals surface area contributed by atoms with Crippen LogP contribution in [-0.4, -0.2) is 36.2 Å². The molecule has 1 aromatic carbocycles. The molecule has 0 fully saturated rings. The first kappa shape index (κ1) is 21.1. The summed E-state index contributed by atoms with van der Waals surface area (Å²) in [5.74, 6) is 1.50. The van der Waals surface area contributed by atoms with Crippen LogP contribution in [0.2, 0.25) is 0 Å². The molecule has 0 bridgehead atoms. The van der Waals surface area contributed by atoms with Crippen LogP contribution in [0.15, 0.2) is 41.5 Å². The molecule has 0 radical (unpaired) electrons. The Kier molecular flexibility index (Phi) is 7.06. The van der Waals surface area contributed by atoms with E-state index in [2.05, 4.69) is 32.7 Å². The number of hydrogen-bond donors (Lipinski definition) is 3. The van der Waals surface area contributed by atoms with E-state index in [1.54, 1.807) is 18.4 Å². The Morgan fingerprint density at radius 3 is 2.79 bits per heavy atom. The number of pyridine rings is 1.